The second kappa shape index (κ2) is 8.75. The van der Waals surface area contributed by atoms with Gasteiger partial charge in [-0.05, 0) is 36.8 Å². The number of alkyl halides is 6. The van der Waals surface area contributed by atoms with Gasteiger partial charge in [-0.2, -0.15) is 26.3 Å². The first-order chi connectivity index (χ1) is 11.9. The Balaban J connectivity index is 2.87. The number of nitrogens with two attached hydrogens (primary N) is 1. The largest absolute Gasteiger partial charge is 0.481 e. The summed E-state index contributed by atoms with van der Waals surface area (Å²) in [6, 6.07) is 2.43. The molecule has 0 aromatic heterocycles. The van der Waals surface area contributed by atoms with Gasteiger partial charge < -0.3 is 10.8 Å². The van der Waals surface area contributed by atoms with Gasteiger partial charge in [-0.25, -0.2) is 0 Å². The molecule has 26 heavy (non-hydrogen) atoms. The van der Waals surface area contributed by atoms with Crippen LogP contribution in [0.2, 0.25) is 0 Å². The van der Waals surface area contributed by atoms with Crippen LogP contribution in [-0.4, -0.2) is 17.6 Å². The first kappa shape index (κ1) is 22.3. The average molecular weight is 385 g/mol. The summed E-state index contributed by atoms with van der Waals surface area (Å²) in [5.74, 6) is -1.92. The Morgan fingerprint density at radius 1 is 1.15 bits per heavy atom. The highest BCUT2D eigenvalue weighted by atomic mass is 19.4. The number of benzene rings is 1. The zero-order valence-electron chi connectivity index (χ0n) is 14.1. The molecule has 0 aliphatic carbocycles. The maximum atomic E-state index is 13.2. The lowest BCUT2D eigenvalue weighted by atomic mass is 9.90. The molecule has 1 aromatic rings. The van der Waals surface area contributed by atoms with E-state index in [1.807, 2.05) is 0 Å². The van der Waals surface area contributed by atoms with Crippen molar-refractivity contribution in [2.45, 2.75) is 45.0 Å². The fraction of sp³-hybridized carbons (Fsp3) is 0.588. The molecule has 0 aliphatic rings. The molecule has 0 saturated carbocycles. The van der Waals surface area contributed by atoms with Gasteiger partial charge in [0.05, 0.1) is 17.0 Å². The van der Waals surface area contributed by atoms with Crippen LogP contribution in [0.3, 0.4) is 0 Å². The molecule has 3 nitrogen and oxygen atoms in total. The van der Waals surface area contributed by atoms with Gasteiger partial charge in [-0.3, -0.25) is 4.79 Å². The molecule has 148 valence electrons. The summed E-state index contributed by atoms with van der Waals surface area (Å²) in [5, 5.41) is 8.95. The number of aryl methyl sites for hydroxylation is 1. The Morgan fingerprint density at radius 3 is 2.23 bits per heavy atom. The predicted octanol–water partition coefficient (Wildman–Crippen LogP) is 4.73. The summed E-state index contributed by atoms with van der Waals surface area (Å²) in [6.45, 7) is 1.69. The minimum Gasteiger partial charge on any atom is -0.481 e. The van der Waals surface area contributed by atoms with Gasteiger partial charge in [0.1, 0.15) is 0 Å². The van der Waals surface area contributed by atoms with Gasteiger partial charge in [0, 0.05) is 6.54 Å². The summed E-state index contributed by atoms with van der Waals surface area (Å²) in [6.07, 6.45) is -9.52. The molecule has 3 N–H and O–H groups in total. The monoisotopic (exact) mass is 385 g/mol. The average Bonchev–Trinajstić information content (AvgIpc) is 2.50. The van der Waals surface area contributed by atoms with Crippen molar-refractivity contribution in [1.82, 2.24) is 0 Å². The van der Waals surface area contributed by atoms with E-state index in [0.717, 1.165) is 12.1 Å². The fourth-order valence-electron chi connectivity index (χ4n) is 2.92. The highest BCUT2D eigenvalue weighted by molar-refractivity contribution is 5.70. The number of carbonyl (C=O) groups is 1. The minimum absolute atomic E-state index is 0.0501. The third-order valence-electron chi connectivity index (χ3n) is 4.20. The van der Waals surface area contributed by atoms with Crippen molar-refractivity contribution >= 4 is 5.97 Å². The lowest BCUT2D eigenvalue weighted by molar-refractivity contribution is -0.162. The van der Waals surface area contributed by atoms with Crippen molar-refractivity contribution in [2.24, 2.45) is 17.6 Å². The predicted molar refractivity (Wildman–Crippen MR) is 83.3 cm³/mol. The van der Waals surface area contributed by atoms with Crippen molar-refractivity contribution < 1.29 is 36.2 Å². The van der Waals surface area contributed by atoms with Crippen LogP contribution in [0.1, 0.15) is 42.9 Å². The van der Waals surface area contributed by atoms with E-state index < -0.39 is 40.9 Å². The molecule has 0 fully saturated rings. The highest BCUT2D eigenvalue weighted by Crippen LogP contribution is 2.42. The molecule has 0 saturated heterocycles. The van der Waals surface area contributed by atoms with Crippen molar-refractivity contribution in [3.63, 3.8) is 0 Å². The summed E-state index contributed by atoms with van der Waals surface area (Å²) in [4.78, 5) is 10.9. The number of carboxylic acids is 1. The van der Waals surface area contributed by atoms with E-state index in [1.165, 1.54) is 0 Å². The van der Waals surface area contributed by atoms with Crippen molar-refractivity contribution in [2.75, 3.05) is 6.54 Å². The normalized spacial score (nSPS) is 14.9. The number of halogens is 6. The fourth-order valence-corrected chi connectivity index (χ4v) is 2.92. The van der Waals surface area contributed by atoms with E-state index >= 15 is 0 Å². The molecular formula is C17H21F6NO2. The quantitative estimate of drug-likeness (QED) is 0.636. The van der Waals surface area contributed by atoms with Gasteiger partial charge in [0.15, 0.2) is 0 Å². The first-order valence-electron chi connectivity index (χ1n) is 8.07. The third-order valence-corrected chi connectivity index (χ3v) is 4.20. The zero-order chi connectivity index (χ0) is 20.1. The number of carboxylic acid groups (broad SMARTS) is 1. The topological polar surface area (TPSA) is 63.3 Å². The standard InChI is InChI=1S/C17H21F6NO2/c1-10(8-12(9-24)15(25)26)4-2-5-11-6-3-7-13(16(18,19)20)14(11)17(21,22)23/h3,6-7,10,12H,2,4-5,8-9,24H2,1H3,(H,25,26). The van der Waals surface area contributed by atoms with Gasteiger partial charge >= 0.3 is 18.3 Å². The second-order valence-electron chi connectivity index (χ2n) is 6.34. The molecule has 0 amide bonds. The van der Waals surface area contributed by atoms with Crippen LogP contribution in [0.4, 0.5) is 26.3 Å². The van der Waals surface area contributed by atoms with Crippen LogP contribution in [0, 0.1) is 11.8 Å². The van der Waals surface area contributed by atoms with Crippen LogP contribution in [0.5, 0.6) is 0 Å². The molecule has 2 unspecified atom stereocenters. The lowest BCUT2D eigenvalue weighted by Gasteiger charge is -2.20. The van der Waals surface area contributed by atoms with E-state index in [2.05, 4.69) is 0 Å². The van der Waals surface area contributed by atoms with Crippen LogP contribution in [0.15, 0.2) is 18.2 Å². The minimum atomic E-state index is -5.11. The van der Waals surface area contributed by atoms with Gasteiger partial charge in [-0.1, -0.05) is 25.5 Å². The van der Waals surface area contributed by atoms with Crippen molar-refractivity contribution in [1.29, 1.82) is 0 Å². The smallest absolute Gasteiger partial charge is 0.417 e. The molecule has 0 spiro atoms. The Morgan fingerprint density at radius 2 is 1.77 bits per heavy atom. The van der Waals surface area contributed by atoms with Crippen LogP contribution in [-0.2, 0) is 23.6 Å². The SMILES string of the molecule is CC(CCCc1cccc(C(F)(F)F)c1C(F)(F)F)CC(CN)C(=O)O. The molecule has 1 rings (SSSR count). The Hall–Kier alpha value is -1.77. The first-order valence-corrected chi connectivity index (χ1v) is 8.07. The maximum Gasteiger partial charge on any atom is 0.417 e. The Labute approximate surface area is 147 Å². The van der Waals surface area contributed by atoms with Gasteiger partial charge in [0.2, 0.25) is 0 Å². The molecule has 2 atom stereocenters. The van der Waals surface area contributed by atoms with Crippen LogP contribution >= 0.6 is 0 Å². The molecule has 0 heterocycles. The lowest BCUT2D eigenvalue weighted by Crippen LogP contribution is -2.25. The highest BCUT2D eigenvalue weighted by Gasteiger charge is 2.44. The zero-order valence-corrected chi connectivity index (χ0v) is 14.1. The summed E-state index contributed by atoms with van der Waals surface area (Å²) < 4.78 is 78.2. The summed E-state index contributed by atoms with van der Waals surface area (Å²) in [5.41, 5.74) is 1.61. The van der Waals surface area contributed by atoms with E-state index in [9.17, 15) is 31.1 Å². The van der Waals surface area contributed by atoms with Crippen molar-refractivity contribution in [3.05, 3.63) is 34.9 Å². The number of rotatable bonds is 8. The molecule has 0 aliphatic heterocycles. The van der Waals surface area contributed by atoms with Crippen LogP contribution < -0.4 is 5.73 Å². The Kier molecular flexibility index (Phi) is 7.49. The number of hydrogen-bond acceptors (Lipinski definition) is 2. The number of hydrogen-bond donors (Lipinski definition) is 2. The van der Waals surface area contributed by atoms with Crippen LogP contribution in [0.25, 0.3) is 0 Å². The van der Waals surface area contributed by atoms with E-state index in [-0.39, 0.29) is 31.7 Å². The molecular weight excluding hydrogens is 364 g/mol. The van der Waals surface area contributed by atoms with Gasteiger partial charge in [-0.15, -0.1) is 0 Å². The third kappa shape index (κ3) is 6.19. The maximum absolute atomic E-state index is 13.2. The van der Waals surface area contributed by atoms with E-state index in [0.29, 0.717) is 12.5 Å². The van der Waals surface area contributed by atoms with E-state index in [4.69, 9.17) is 10.8 Å². The van der Waals surface area contributed by atoms with Gasteiger partial charge in [0.25, 0.3) is 0 Å². The Bertz CT molecular complexity index is 612. The van der Waals surface area contributed by atoms with E-state index in [1.54, 1.807) is 6.92 Å². The molecule has 9 heteroatoms. The summed E-state index contributed by atoms with van der Waals surface area (Å²) >= 11 is 0. The molecule has 1 aromatic carbocycles. The molecule has 0 bridgehead atoms. The number of aliphatic carboxylic acids is 1. The summed E-state index contributed by atoms with van der Waals surface area (Å²) in [7, 11) is 0. The van der Waals surface area contributed by atoms with Crippen molar-refractivity contribution in [3.8, 4) is 0 Å². The second-order valence-corrected chi connectivity index (χ2v) is 6.34. The molecule has 0 radical (unpaired) electrons.